The molecule has 216 valence electrons. The van der Waals surface area contributed by atoms with Gasteiger partial charge in [-0.2, -0.15) is 4.39 Å². The standard InChI is InChI=1S/C34H48F2O3/c1-3-5-7-9-11-13-25-38-31-24-23-30(32(35)33(31)36)27-19-21-29(22-20-27)39-34(37)28-17-15-26(16-18-28)14-12-10-8-6-4-2/h19-24,26,28H,3-18,25H2,1-2H3. The third kappa shape index (κ3) is 10.2. The van der Waals surface area contributed by atoms with Crippen LogP contribution in [0.3, 0.4) is 0 Å². The molecule has 0 radical (unpaired) electrons. The average molecular weight is 543 g/mol. The van der Waals surface area contributed by atoms with Crippen molar-refractivity contribution in [1.29, 1.82) is 0 Å². The molecule has 0 N–H and O–H groups in total. The lowest BCUT2D eigenvalue weighted by Gasteiger charge is -2.27. The number of hydrogen-bond acceptors (Lipinski definition) is 3. The third-order valence-electron chi connectivity index (χ3n) is 8.08. The summed E-state index contributed by atoms with van der Waals surface area (Å²) in [5.74, 6) is -1.03. The molecule has 0 bridgehead atoms. The summed E-state index contributed by atoms with van der Waals surface area (Å²) in [6.07, 6.45) is 18.4. The second kappa shape index (κ2) is 17.3. The molecule has 0 spiro atoms. The third-order valence-corrected chi connectivity index (χ3v) is 8.08. The fraction of sp³-hybridized carbons (Fsp3) is 0.618. The molecule has 0 atom stereocenters. The van der Waals surface area contributed by atoms with Crippen molar-refractivity contribution < 1.29 is 23.0 Å². The van der Waals surface area contributed by atoms with Crippen LogP contribution in [0.15, 0.2) is 36.4 Å². The molecule has 1 aliphatic carbocycles. The number of carbonyl (C=O) groups is 1. The second-order valence-electron chi connectivity index (χ2n) is 11.2. The van der Waals surface area contributed by atoms with E-state index in [1.54, 1.807) is 24.3 Å². The number of esters is 1. The Kier molecular flexibility index (Phi) is 13.8. The highest BCUT2D eigenvalue weighted by Crippen LogP contribution is 2.34. The maximum Gasteiger partial charge on any atom is 0.314 e. The van der Waals surface area contributed by atoms with Crippen LogP contribution in [0.1, 0.15) is 117 Å². The molecular weight excluding hydrogens is 494 g/mol. The summed E-state index contributed by atoms with van der Waals surface area (Å²) in [6.45, 7) is 4.79. The summed E-state index contributed by atoms with van der Waals surface area (Å²) < 4.78 is 40.6. The highest BCUT2D eigenvalue weighted by atomic mass is 19.2. The molecule has 2 aromatic rings. The van der Waals surface area contributed by atoms with Gasteiger partial charge in [0.1, 0.15) is 5.75 Å². The summed E-state index contributed by atoms with van der Waals surface area (Å²) in [7, 11) is 0. The first-order valence-electron chi connectivity index (χ1n) is 15.5. The molecule has 0 saturated heterocycles. The van der Waals surface area contributed by atoms with E-state index >= 15 is 0 Å². The van der Waals surface area contributed by atoms with E-state index in [9.17, 15) is 13.6 Å². The zero-order valence-corrected chi connectivity index (χ0v) is 24.1. The van der Waals surface area contributed by atoms with Crippen molar-refractivity contribution >= 4 is 5.97 Å². The predicted octanol–water partition coefficient (Wildman–Crippen LogP) is 10.4. The van der Waals surface area contributed by atoms with Crippen LogP contribution in [0, 0.1) is 23.5 Å². The molecule has 0 aromatic heterocycles. The van der Waals surface area contributed by atoms with Crippen LogP contribution in [0.4, 0.5) is 8.78 Å². The summed E-state index contributed by atoms with van der Waals surface area (Å²) in [6, 6.07) is 9.64. The normalized spacial score (nSPS) is 17.2. The van der Waals surface area contributed by atoms with Crippen LogP contribution >= 0.6 is 0 Å². The molecule has 0 amide bonds. The number of ether oxygens (including phenoxy) is 2. The van der Waals surface area contributed by atoms with Crippen molar-refractivity contribution in [2.75, 3.05) is 6.61 Å². The number of hydrogen-bond donors (Lipinski definition) is 0. The van der Waals surface area contributed by atoms with E-state index in [4.69, 9.17) is 9.47 Å². The Balaban J connectivity index is 1.44. The Morgan fingerprint density at radius 1 is 0.744 bits per heavy atom. The van der Waals surface area contributed by atoms with Crippen LogP contribution in [0.5, 0.6) is 11.5 Å². The Labute approximate surface area is 234 Å². The summed E-state index contributed by atoms with van der Waals surface area (Å²) in [4.78, 5) is 12.7. The van der Waals surface area contributed by atoms with Crippen molar-refractivity contribution in [3.05, 3.63) is 48.0 Å². The lowest BCUT2D eigenvalue weighted by atomic mass is 9.80. The van der Waals surface area contributed by atoms with Gasteiger partial charge in [0.05, 0.1) is 12.5 Å². The van der Waals surface area contributed by atoms with Gasteiger partial charge in [0.2, 0.25) is 5.82 Å². The Morgan fingerprint density at radius 3 is 2.03 bits per heavy atom. The molecule has 5 heteroatoms. The number of benzene rings is 2. The SMILES string of the molecule is CCCCCCCCOc1ccc(-c2ccc(OC(=O)C3CCC(CCCCCCC)CC3)cc2)c(F)c1F. The minimum absolute atomic E-state index is 0.0541. The van der Waals surface area contributed by atoms with E-state index in [1.165, 1.54) is 69.9 Å². The molecule has 0 aliphatic heterocycles. The quantitative estimate of drug-likeness (QED) is 0.113. The van der Waals surface area contributed by atoms with Gasteiger partial charge in [-0.15, -0.1) is 0 Å². The van der Waals surface area contributed by atoms with Gasteiger partial charge in [-0.25, -0.2) is 4.39 Å². The summed E-state index contributed by atoms with van der Waals surface area (Å²) in [5, 5.41) is 0. The molecule has 0 unspecified atom stereocenters. The first-order chi connectivity index (χ1) is 19.0. The van der Waals surface area contributed by atoms with Crippen LogP contribution in [-0.4, -0.2) is 12.6 Å². The largest absolute Gasteiger partial charge is 0.490 e. The van der Waals surface area contributed by atoms with Crippen molar-refractivity contribution in [1.82, 2.24) is 0 Å². The van der Waals surface area contributed by atoms with E-state index in [0.717, 1.165) is 50.9 Å². The van der Waals surface area contributed by atoms with Gasteiger partial charge < -0.3 is 9.47 Å². The van der Waals surface area contributed by atoms with Gasteiger partial charge >= 0.3 is 5.97 Å². The zero-order chi connectivity index (χ0) is 27.9. The Bertz CT molecular complexity index is 981. The van der Waals surface area contributed by atoms with Gasteiger partial charge in [0, 0.05) is 5.56 Å². The highest BCUT2D eigenvalue weighted by molar-refractivity contribution is 5.75. The second-order valence-corrected chi connectivity index (χ2v) is 11.2. The predicted molar refractivity (Wildman–Crippen MR) is 155 cm³/mol. The van der Waals surface area contributed by atoms with Crippen LogP contribution in [0.25, 0.3) is 11.1 Å². The molecule has 0 heterocycles. The smallest absolute Gasteiger partial charge is 0.314 e. The lowest BCUT2D eigenvalue weighted by Crippen LogP contribution is -2.25. The average Bonchev–Trinajstić information content (AvgIpc) is 2.95. The fourth-order valence-electron chi connectivity index (χ4n) is 5.56. The minimum Gasteiger partial charge on any atom is -0.490 e. The first-order valence-corrected chi connectivity index (χ1v) is 15.5. The lowest BCUT2D eigenvalue weighted by molar-refractivity contribution is -0.140. The Morgan fingerprint density at radius 2 is 1.36 bits per heavy atom. The minimum atomic E-state index is -0.967. The van der Waals surface area contributed by atoms with Crippen LogP contribution in [0.2, 0.25) is 0 Å². The van der Waals surface area contributed by atoms with Crippen molar-refractivity contribution in [2.24, 2.45) is 11.8 Å². The maximum atomic E-state index is 14.8. The van der Waals surface area contributed by atoms with E-state index in [1.807, 2.05) is 0 Å². The highest BCUT2D eigenvalue weighted by Gasteiger charge is 2.27. The molecule has 1 aliphatic rings. The first kappa shape index (κ1) is 31.1. The number of unbranched alkanes of at least 4 members (excludes halogenated alkanes) is 9. The fourth-order valence-corrected chi connectivity index (χ4v) is 5.56. The monoisotopic (exact) mass is 542 g/mol. The Hall–Kier alpha value is -2.43. The topological polar surface area (TPSA) is 35.5 Å². The van der Waals surface area contributed by atoms with E-state index in [-0.39, 0.29) is 23.2 Å². The number of carbonyl (C=O) groups excluding carboxylic acids is 1. The van der Waals surface area contributed by atoms with Gasteiger partial charge in [0.25, 0.3) is 0 Å². The molecule has 1 saturated carbocycles. The van der Waals surface area contributed by atoms with Crippen molar-refractivity contribution in [2.45, 2.75) is 117 Å². The van der Waals surface area contributed by atoms with Gasteiger partial charge in [0.15, 0.2) is 11.6 Å². The summed E-state index contributed by atoms with van der Waals surface area (Å²) >= 11 is 0. The summed E-state index contributed by atoms with van der Waals surface area (Å²) in [5.41, 5.74) is 0.679. The molecule has 39 heavy (non-hydrogen) atoms. The van der Waals surface area contributed by atoms with E-state index in [2.05, 4.69) is 13.8 Å². The van der Waals surface area contributed by atoms with Gasteiger partial charge in [-0.3, -0.25) is 4.79 Å². The molecule has 1 fully saturated rings. The van der Waals surface area contributed by atoms with Gasteiger partial charge in [-0.05, 0) is 67.9 Å². The molecular formula is C34H48F2O3. The van der Waals surface area contributed by atoms with Crippen molar-refractivity contribution in [3.63, 3.8) is 0 Å². The number of rotatable bonds is 17. The molecule has 3 rings (SSSR count). The van der Waals surface area contributed by atoms with Crippen LogP contribution in [-0.2, 0) is 4.79 Å². The zero-order valence-electron chi connectivity index (χ0n) is 24.1. The van der Waals surface area contributed by atoms with Gasteiger partial charge in [-0.1, -0.05) is 96.6 Å². The molecule has 2 aromatic carbocycles. The molecule has 3 nitrogen and oxygen atoms in total. The van der Waals surface area contributed by atoms with E-state index in [0.29, 0.717) is 17.9 Å². The van der Waals surface area contributed by atoms with Crippen LogP contribution < -0.4 is 9.47 Å². The van der Waals surface area contributed by atoms with E-state index < -0.39 is 11.6 Å². The number of halogens is 2. The van der Waals surface area contributed by atoms with Crippen molar-refractivity contribution in [3.8, 4) is 22.6 Å². The maximum absolute atomic E-state index is 14.8.